The van der Waals surface area contributed by atoms with Gasteiger partial charge in [0.05, 0.1) is 4.92 Å². The third kappa shape index (κ3) is 2.89. The van der Waals surface area contributed by atoms with Crippen LogP contribution in [0.5, 0.6) is 5.75 Å². The van der Waals surface area contributed by atoms with E-state index in [0.29, 0.717) is 5.56 Å². The van der Waals surface area contributed by atoms with Gasteiger partial charge in [0.15, 0.2) is 5.75 Å². The first-order valence-corrected chi connectivity index (χ1v) is 4.56. The van der Waals surface area contributed by atoms with E-state index in [1.165, 1.54) is 25.1 Å². The Morgan fingerprint density at radius 1 is 1.59 bits per heavy atom. The summed E-state index contributed by atoms with van der Waals surface area (Å²) in [6.45, 7) is 1.45. The lowest BCUT2D eigenvalue weighted by Gasteiger charge is -1.98. The molecule has 0 heterocycles. The Kier molecular flexibility index (Phi) is 3.57. The second-order valence-corrected chi connectivity index (χ2v) is 3.27. The average Bonchev–Trinajstić information content (AvgIpc) is 2.27. The molecule has 0 unspecified atom stereocenters. The summed E-state index contributed by atoms with van der Waals surface area (Å²) in [6, 6.07) is 5.12. The minimum absolute atomic E-state index is 0.195. The number of phenolic OH excluding ortho intramolecular Hbond substituents is 1. The molecule has 0 radical (unpaired) electrons. The van der Waals surface area contributed by atoms with Crippen molar-refractivity contribution in [3.8, 4) is 11.8 Å². The smallest absolute Gasteiger partial charge is 0.310 e. The first-order chi connectivity index (χ1) is 7.95. The van der Waals surface area contributed by atoms with Crippen LogP contribution < -0.4 is 0 Å². The van der Waals surface area contributed by atoms with Crippen LogP contribution in [0.3, 0.4) is 0 Å². The molecule has 86 valence electrons. The van der Waals surface area contributed by atoms with Gasteiger partial charge in [0.2, 0.25) is 0 Å². The normalized spacial score (nSPS) is 10.7. The highest BCUT2D eigenvalue weighted by atomic mass is 16.6. The van der Waals surface area contributed by atoms with Crippen molar-refractivity contribution in [3.05, 3.63) is 39.4 Å². The quantitative estimate of drug-likeness (QED) is 0.370. The third-order valence-corrected chi connectivity index (χ3v) is 2.04. The van der Waals surface area contributed by atoms with E-state index in [1.54, 1.807) is 0 Å². The Labute approximate surface area is 96.6 Å². The van der Waals surface area contributed by atoms with Crippen LogP contribution in [-0.4, -0.2) is 15.8 Å². The highest BCUT2D eigenvalue weighted by Crippen LogP contribution is 2.27. The largest absolute Gasteiger partial charge is 0.502 e. The van der Waals surface area contributed by atoms with Crippen molar-refractivity contribution < 1.29 is 14.8 Å². The Bertz CT molecular complexity index is 555. The maximum absolute atomic E-state index is 11.0. The summed E-state index contributed by atoms with van der Waals surface area (Å²) in [5.41, 5.74) is 0.196. The van der Waals surface area contributed by atoms with E-state index in [2.05, 4.69) is 0 Å². The van der Waals surface area contributed by atoms with E-state index >= 15 is 0 Å². The Morgan fingerprint density at radius 2 is 2.24 bits per heavy atom. The zero-order valence-corrected chi connectivity index (χ0v) is 8.88. The summed E-state index contributed by atoms with van der Waals surface area (Å²) in [6.07, 6.45) is 1.37. The number of nitro groups is 1. The third-order valence-electron chi connectivity index (χ3n) is 2.04. The molecule has 6 heteroatoms. The molecular weight excluding hydrogens is 224 g/mol. The van der Waals surface area contributed by atoms with Gasteiger partial charge in [-0.2, -0.15) is 5.26 Å². The van der Waals surface area contributed by atoms with E-state index in [0.717, 1.165) is 12.1 Å². The second kappa shape index (κ2) is 4.90. The highest BCUT2D eigenvalue weighted by molar-refractivity contribution is 6.09. The van der Waals surface area contributed by atoms with Crippen molar-refractivity contribution in [1.82, 2.24) is 0 Å². The molecule has 1 rings (SSSR count). The SMILES string of the molecule is C/C(=C\c1ccc([N+](=O)[O-])c(O)c1)C(=O)C#N. The molecule has 0 bridgehead atoms. The van der Waals surface area contributed by atoms with Gasteiger partial charge in [-0.1, -0.05) is 0 Å². The topological polar surface area (TPSA) is 104 Å². The summed E-state index contributed by atoms with van der Waals surface area (Å²) in [7, 11) is 0. The molecule has 1 aromatic carbocycles. The number of allylic oxidation sites excluding steroid dienone is 1. The lowest BCUT2D eigenvalue weighted by molar-refractivity contribution is -0.385. The molecule has 17 heavy (non-hydrogen) atoms. The monoisotopic (exact) mass is 232 g/mol. The van der Waals surface area contributed by atoms with Crippen molar-refractivity contribution in [1.29, 1.82) is 5.26 Å². The number of nitriles is 1. The minimum atomic E-state index is -0.712. The molecule has 0 aromatic heterocycles. The number of phenols is 1. The summed E-state index contributed by atoms with van der Waals surface area (Å²) in [5, 5.41) is 28.2. The van der Waals surface area contributed by atoms with Crippen LogP contribution >= 0.6 is 0 Å². The van der Waals surface area contributed by atoms with E-state index in [1.807, 2.05) is 0 Å². The molecule has 6 nitrogen and oxygen atoms in total. The van der Waals surface area contributed by atoms with Crippen LogP contribution in [0.4, 0.5) is 5.69 Å². The number of ketones is 1. The lowest BCUT2D eigenvalue weighted by Crippen LogP contribution is -1.94. The molecule has 0 fully saturated rings. The number of aromatic hydroxyl groups is 1. The number of carbonyl (C=O) groups excluding carboxylic acids is 1. The molecule has 0 saturated carbocycles. The molecule has 0 saturated heterocycles. The van der Waals surface area contributed by atoms with Gasteiger partial charge in [-0.3, -0.25) is 14.9 Å². The van der Waals surface area contributed by atoms with E-state index in [-0.39, 0.29) is 5.57 Å². The fourth-order valence-corrected chi connectivity index (χ4v) is 1.19. The standard InChI is InChI=1S/C11H8N2O4/c1-7(11(15)6-12)4-8-2-3-9(13(16)17)10(14)5-8/h2-5,14H,1H3/b7-4+. The maximum atomic E-state index is 11.0. The average molecular weight is 232 g/mol. The number of rotatable bonds is 3. The Hall–Kier alpha value is -2.68. The Morgan fingerprint density at radius 3 is 2.71 bits per heavy atom. The van der Waals surface area contributed by atoms with Gasteiger partial charge in [0, 0.05) is 11.6 Å². The number of hydrogen-bond donors (Lipinski definition) is 1. The van der Waals surface area contributed by atoms with Crippen molar-refractivity contribution in [2.24, 2.45) is 0 Å². The maximum Gasteiger partial charge on any atom is 0.310 e. The predicted molar refractivity (Wildman–Crippen MR) is 59.0 cm³/mol. The number of nitrogens with zero attached hydrogens (tertiary/aromatic N) is 2. The number of nitro benzene ring substituents is 1. The van der Waals surface area contributed by atoms with Crippen molar-refractivity contribution in [2.75, 3.05) is 0 Å². The van der Waals surface area contributed by atoms with Gasteiger partial charge in [0.25, 0.3) is 5.78 Å². The lowest BCUT2D eigenvalue weighted by atomic mass is 10.1. The summed E-state index contributed by atoms with van der Waals surface area (Å²) in [5.74, 6) is -1.18. The van der Waals surface area contributed by atoms with Crippen molar-refractivity contribution in [3.63, 3.8) is 0 Å². The second-order valence-electron chi connectivity index (χ2n) is 3.27. The molecule has 0 atom stereocenters. The van der Waals surface area contributed by atoms with Crippen LogP contribution in [0.1, 0.15) is 12.5 Å². The fraction of sp³-hybridized carbons (Fsp3) is 0.0909. The van der Waals surface area contributed by atoms with Crippen LogP contribution in [0.15, 0.2) is 23.8 Å². The Balaban J connectivity index is 3.12. The highest BCUT2D eigenvalue weighted by Gasteiger charge is 2.12. The predicted octanol–water partition coefficient (Wildman–Crippen LogP) is 1.80. The van der Waals surface area contributed by atoms with Crippen LogP contribution in [0.25, 0.3) is 6.08 Å². The van der Waals surface area contributed by atoms with Gasteiger partial charge in [-0.15, -0.1) is 0 Å². The van der Waals surface area contributed by atoms with Crippen LogP contribution in [-0.2, 0) is 4.79 Å². The number of benzene rings is 1. The molecule has 0 aliphatic heterocycles. The molecule has 0 aliphatic rings. The van der Waals surface area contributed by atoms with Gasteiger partial charge >= 0.3 is 5.69 Å². The van der Waals surface area contributed by atoms with Gasteiger partial charge in [-0.05, 0) is 30.7 Å². The fourth-order valence-electron chi connectivity index (χ4n) is 1.19. The summed E-state index contributed by atoms with van der Waals surface area (Å²) >= 11 is 0. The molecule has 0 amide bonds. The molecule has 1 N–H and O–H groups in total. The van der Waals surface area contributed by atoms with E-state index in [4.69, 9.17) is 5.26 Å². The number of carbonyl (C=O) groups is 1. The molecule has 0 aliphatic carbocycles. The summed E-state index contributed by atoms with van der Waals surface area (Å²) in [4.78, 5) is 20.7. The van der Waals surface area contributed by atoms with Gasteiger partial charge < -0.3 is 5.11 Å². The van der Waals surface area contributed by atoms with Gasteiger partial charge in [0.1, 0.15) is 6.07 Å². The van der Waals surface area contributed by atoms with Crippen molar-refractivity contribution in [2.45, 2.75) is 6.92 Å². The zero-order valence-electron chi connectivity index (χ0n) is 8.88. The molecular formula is C11H8N2O4. The number of Topliss-reactive ketones (excluding diaryl/α,β-unsaturated/α-hetero) is 1. The zero-order chi connectivity index (χ0) is 13.0. The van der Waals surface area contributed by atoms with E-state index in [9.17, 15) is 20.0 Å². The van der Waals surface area contributed by atoms with Crippen molar-refractivity contribution >= 4 is 17.5 Å². The minimum Gasteiger partial charge on any atom is -0.502 e. The molecule has 1 aromatic rings. The van der Waals surface area contributed by atoms with E-state index < -0.39 is 22.1 Å². The number of hydrogen-bond acceptors (Lipinski definition) is 5. The van der Waals surface area contributed by atoms with Gasteiger partial charge in [-0.25, -0.2) is 0 Å². The molecule has 0 spiro atoms. The van der Waals surface area contributed by atoms with Crippen LogP contribution in [0.2, 0.25) is 0 Å². The van der Waals surface area contributed by atoms with Crippen LogP contribution in [0, 0.1) is 21.4 Å². The first kappa shape index (κ1) is 12.4. The summed E-state index contributed by atoms with van der Waals surface area (Å²) < 4.78 is 0. The first-order valence-electron chi connectivity index (χ1n) is 4.56.